The van der Waals surface area contributed by atoms with Gasteiger partial charge in [0, 0.05) is 19.6 Å². The molecule has 2 fully saturated rings. The maximum atomic E-state index is 12.0. The van der Waals surface area contributed by atoms with Crippen molar-refractivity contribution in [2.45, 2.75) is 19.3 Å². The van der Waals surface area contributed by atoms with Gasteiger partial charge in [0.1, 0.15) is 4.88 Å². The van der Waals surface area contributed by atoms with Crippen LogP contribution in [0.4, 0.5) is 10.7 Å². The van der Waals surface area contributed by atoms with Gasteiger partial charge in [0.15, 0.2) is 0 Å². The molecule has 0 spiro atoms. The van der Waals surface area contributed by atoms with Gasteiger partial charge in [-0.1, -0.05) is 12.5 Å². The average molecular weight is 291 g/mol. The number of thiophene rings is 1. The maximum Gasteiger partial charge on any atom is 0.263 e. The fraction of sp³-hybridized carbons (Fsp3) is 0.533. The van der Waals surface area contributed by atoms with Crippen LogP contribution in [0.5, 0.6) is 0 Å². The third-order valence-electron chi connectivity index (χ3n) is 4.40. The van der Waals surface area contributed by atoms with E-state index in [-0.39, 0.29) is 5.91 Å². The van der Waals surface area contributed by atoms with Crippen LogP contribution in [0.15, 0.2) is 18.7 Å². The number of nitrogens with two attached hydrogens (primary N) is 1. The Morgan fingerprint density at radius 3 is 2.85 bits per heavy atom. The van der Waals surface area contributed by atoms with Crippen LogP contribution in [0, 0.1) is 11.8 Å². The lowest BCUT2D eigenvalue weighted by Gasteiger charge is -2.16. The van der Waals surface area contributed by atoms with Gasteiger partial charge >= 0.3 is 0 Å². The third kappa shape index (κ3) is 2.42. The summed E-state index contributed by atoms with van der Waals surface area (Å²) < 4.78 is 0. The monoisotopic (exact) mass is 291 g/mol. The average Bonchev–Trinajstić information content (AvgIpc) is 3.08. The summed E-state index contributed by atoms with van der Waals surface area (Å²) in [6.07, 6.45) is 5.76. The molecule has 3 N–H and O–H groups in total. The van der Waals surface area contributed by atoms with E-state index >= 15 is 0 Å². The zero-order valence-corrected chi connectivity index (χ0v) is 12.4. The number of rotatable bonds is 4. The van der Waals surface area contributed by atoms with Crippen molar-refractivity contribution in [2.24, 2.45) is 11.8 Å². The number of carbonyl (C=O) groups excluding carboxylic acids is 1. The van der Waals surface area contributed by atoms with Crippen molar-refractivity contribution >= 4 is 27.9 Å². The number of anilines is 2. The second kappa shape index (κ2) is 5.48. The van der Waals surface area contributed by atoms with Crippen molar-refractivity contribution in [3.05, 3.63) is 23.6 Å². The van der Waals surface area contributed by atoms with Crippen molar-refractivity contribution in [1.29, 1.82) is 0 Å². The highest BCUT2D eigenvalue weighted by Gasteiger charge is 2.36. The zero-order chi connectivity index (χ0) is 14.1. The molecule has 0 aromatic carbocycles. The van der Waals surface area contributed by atoms with E-state index in [1.165, 1.54) is 30.6 Å². The number of amides is 1. The number of nitrogens with zero attached hydrogens (tertiary/aromatic N) is 1. The van der Waals surface area contributed by atoms with Crippen molar-refractivity contribution in [2.75, 3.05) is 30.3 Å². The molecule has 0 radical (unpaired) electrons. The highest BCUT2D eigenvalue weighted by molar-refractivity contribution is 7.18. The Hall–Kier alpha value is -1.49. The Labute approximate surface area is 123 Å². The van der Waals surface area contributed by atoms with E-state index in [9.17, 15) is 4.79 Å². The molecule has 1 aliphatic carbocycles. The molecule has 1 aromatic rings. The Morgan fingerprint density at radius 2 is 2.20 bits per heavy atom. The van der Waals surface area contributed by atoms with Gasteiger partial charge in [0.25, 0.3) is 5.91 Å². The van der Waals surface area contributed by atoms with Gasteiger partial charge in [-0.15, -0.1) is 17.9 Å². The molecule has 3 rings (SSSR count). The molecule has 5 heteroatoms. The van der Waals surface area contributed by atoms with E-state index in [0.717, 1.165) is 29.9 Å². The molecule has 1 saturated carbocycles. The largest absolute Gasteiger partial charge is 0.397 e. The van der Waals surface area contributed by atoms with Gasteiger partial charge < -0.3 is 16.0 Å². The van der Waals surface area contributed by atoms with E-state index in [2.05, 4.69) is 16.8 Å². The van der Waals surface area contributed by atoms with E-state index < -0.39 is 0 Å². The molecule has 1 amide bonds. The summed E-state index contributed by atoms with van der Waals surface area (Å²) in [6, 6.07) is 1.95. The molecule has 2 atom stereocenters. The predicted octanol–water partition coefficient (Wildman–Crippen LogP) is 2.48. The smallest absolute Gasteiger partial charge is 0.263 e. The summed E-state index contributed by atoms with van der Waals surface area (Å²) in [4.78, 5) is 15.0. The normalized spacial score (nSPS) is 24.7. The Balaban J connectivity index is 1.72. The van der Waals surface area contributed by atoms with Crippen LogP contribution < -0.4 is 16.0 Å². The molecule has 108 valence electrons. The van der Waals surface area contributed by atoms with Crippen molar-refractivity contribution in [3.8, 4) is 0 Å². The highest BCUT2D eigenvalue weighted by atomic mass is 32.1. The fourth-order valence-corrected chi connectivity index (χ4v) is 4.40. The van der Waals surface area contributed by atoms with Gasteiger partial charge in [-0.25, -0.2) is 0 Å². The summed E-state index contributed by atoms with van der Waals surface area (Å²) in [5.41, 5.74) is 6.58. The number of hydrogen-bond donors (Lipinski definition) is 2. The maximum absolute atomic E-state index is 12.0. The third-order valence-corrected chi connectivity index (χ3v) is 5.61. The minimum atomic E-state index is -0.0990. The van der Waals surface area contributed by atoms with Gasteiger partial charge in [-0.05, 0) is 30.7 Å². The van der Waals surface area contributed by atoms with Crippen molar-refractivity contribution in [1.82, 2.24) is 5.32 Å². The molecular weight excluding hydrogens is 270 g/mol. The van der Waals surface area contributed by atoms with E-state index in [1.807, 2.05) is 6.07 Å². The molecule has 2 aliphatic rings. The second-order valence-corrected chi connectivity index (χ2v) is 6.75. The molecule has 2 unspecified atom stereocenters. The first-order valence-corrected chi connectivity index (χ1v) is 8.04. The first kappa shape index (κ1) is 13.5. The predicted molar refractivity (Wildman–Crippen MR) is 84.3 cm³/mol. The SMILES string of the molecule is C=CCNC(=O)c1sc(N2CC3CCCC3C2)cc1N. The molecule has 4 nitrogen and oxygen atoms in total. The van der Waals surface area contributed by atoms with E-state index in [4.69, 9.17) is 5.73 Å². The van der Waals surface area contributed by atoms with Gasteiger partial charge in [0.05, 0.1) is 10.7 Å². The zero-order valence-electron chi connectivity index (χ0n) is 11.6. The standard InChI is InChI=1S/C15H21N3OS/c1-2-6-17-15(19)14-12(16)7-13(20-14)18-8-10-4-3-5-11(10)9-18/h2,7,10-11H,1,3-6,8-9,16H2,(H,17,19). The van der Waals surface area contributed by atoms with E-state index in [1.54, 1.807) is 6.08 Å². The van der Waals surface area contributed by atoms with Crippen LogP contribution >= 0.6 is 11.3 Å². The highest BCUT2D eigenvalue weighted by Crippen LogP contribution is 2.42. The first-order valence-electron chi connectivity index (χ1n) is 7.22. The molecule has 2 heterocycles. The van der Waals surface area contributed by atoms with E-state index in [0.29, 0.717) is 17.1 Å². The summed E-state index contributed by atoms with van der Waals surface area (Å²) in [5, 5.41) is 3.93. The number of carbonyl (C=O) groups is 1. The lowest BCUT2D eigenvalue weighted by atomic mass is 10.0. The minimum Gasteiger partial charge on any atom is -0.397 e. The summed E-state index contributed by atoms with van der Waals surface area (Å²) >= 11 is 1.51. The Kier molecular flexibility index (Phi) is 3.70. The molecule has 0 bridgehead atoms. The lowest BCUT2D eigenvalue weighted by Crippen LogP contribution is -2.23. The van der Waals surface area contributed by atoms with Crippen LogP contribution in [0.2, 0.25) is 0 Å². The molecule has 20 heavy (non-hydrogen) atoms. The minimum absolute atomic E-state index is 0.0990. The number of nitrogens with one attached hydrogen (secondary N) is 1. The van der Waals surface area contributed by atoms with Gasteiger partial charge in [-0.3, -0.25) is 4.79 Å². The van der Waals surface area contributed by atoms with Gasteiger partial charge in [0.2, 0.25) is 0 Å². The number of nitrogen functional groups attached to an aromatic ring is 1. The summed E-state index contributed by atoms with van der Waals surface area (Å²) in [6.45, 7) is 6.32. The fourth-order valence-electron chi connectivity index (χ4n) is 3.38. The lowest BCUT2D eigenvalue weighted by molar-refractivity contribution is 0.0963. The van der Waals surface area contributed by atoms with Crippen LogP contribution in [0.25, 0.3) is 0 Å². The van der Waals surface area contributed by atoms with Crippen LogP contribution in [-0.2, 0) is 0 Å². The molecule has 1 aliphatic heterocycles. The van der Waals surface area contributed by atoms with Crippen LogP contribution in [0.3, 0.4) is 0 Å². The summed E-state index contributed by atoms with van der Waals surface area (Å²) in [5.74, 6) is 1.59. The molecular formula is C15H21N3OS. The Bertz CT molecular complexity index is 513. The molecule has 1 aromatic heterocycles. The summed E-state index contributed by atoms with van der Waals surface area (Å²) in [7, 11) is 0. The Morgan fingerprint density at radius 1 is 1.50 bits per heavy atom. The number of fused-ring (bicyclic) bond motifs is 1. The first-order chi connectivity index (χ1) is 9.69. The second-order valence-electron chi connectivity index (χ2n) is 5.72. The van der Waals surface area contributed by atoms with Crippen molar-refractivity contribution < 1.29 is 4.79 Å². The van der Waals surface area contributed by atoms with Crippen molar-refractivity contribution in [3.63, 3.8) is 0 Å². The van der Waals surface area contributed by atoms with Crippen LogP contribution in [-0.4, -0.2) is 25.5 Å². The van der Waals surface area contributed by atoms with Crippen LogP contribution in [0.1, 0.15) is 28.9 Å². The quantitative estimate of drug-likeness (QED) is 0.838. The van der Waals surface area contributed by atoms with Gasteiger partial charge in [-0.2, -0.15) is 0 Å². The topological polar surface area (TPSA) is 58.4 Å². The molecule has 1 saturated heterocycles. The number of hydrogen-bond acceptors (Lipinski definition) is 4.